The molecule has 0 saturated heterocycles. The first kappa shape index (κ1) is 28.5. The molecule has 0 unspecified atom stereocenters. The predicted molar refractivity (Wildman–Crippen MR) is 153 cm³/mol. The topological polar surface area (TPSA) is 74.6 Å². The standard InChI is InChI=1S/2C14H12.C5H8O4/c2*1-3-7-13(8-4-1)11-12-14-9-5-2-6-10-14;6-4(7)2-1-3-5(8)9/h2*1-12H;1-3H2,(H,6,7)(H,8,9). The predicted octanol–water partition coefficient (Wildman–Crippen LogP) is 8.04. The van der Waals surface area contributed by atoms with Crippen molar-refractivity contribution in [3.8, 4) is 0 Å². The number of carbonyl (C=O) groups is 2. The highest BCUT2D eigenvalue weighted by atomic mass is 16.4. The molecule has 0 bridgehead atoms. The Morgan fingerprint density at radius 1 is 0.432 bits per heavy atom. The van der Waals surface area contributed by atoms with Gasteiger partial charge in [0.15, 0.2) is 0 Å². The summed E-state index contributed by atoms with van der Waals surface area (Å²) in [6.45, 7) is 0. The molecule has 4 aromatic carbocycles. The monoisotopic (exact) mass is 492 g/mol. The van der Waals surface area contributed by atoms with Crippen LogP contribution >= 0.6 is 0 Å². The number of hydrogen-bond donors (Lipinski definition) is 2. The van der Waals surface area contributed by atoms with E-state index in [1.165, 1.54) is 22.3 Å². The fraction of sp³-hybridized carbons (Fsp3) is 0.0909. The van der Waals surface area contributed by atoms with Crippen LogP contribution in [0.2, 0.25) is 0 Å². The molecule has 4 rings (SSSR count). The molecule has 0 aliphatic carbocycles. The lowest BCUT2D eigenvalue weighted by Gasteiger charge is -1.92. The Morgan fingerprint density at radius 2 is 0.649 bits per heavy atom. The van der Waals surface area contributed by atoms with Gasteiger partial charge < -0.3 is 10.2 Å². The zero-order valence-corrected chi connectivity index (χ0v) is 20.7. The Bertz CT molecular complexity index is 1030. The van der Waals surface area contributed by atoms with Gasteiger partial charge in [-0.1, -0.05) is 146 Å². The Hall–Kier alpha value is -4.70. The maximum atomic E-state index is 9.79. The van der Waals surface area contributed by atoms with Gasteiger partial charge in [0.25, 0.3) is 0 Å². The Balaban J connectivity index is 0.000000201. The fourth-order valence-corrected chi connectivity index (χ4v) is 3.03. The summed E-state index contributed by atoms with van der Waals surface area (Å²) in [4.78, 5) is 19.6. The fourth-order valence-electron chi connectivity index (χ4n) is 3.03. The third-order valence-corrected chi connectivity index (χ3v) is 4.92. The maximum Gasteiger partial charge on any atom is 0.303 e. The molecule has 0 radical (unpaired) electrons. The van der Waals surface area contributed by atoms with Gasteiger partial charge in [-0.05, 0) is 28.7 Å². The third-order valence-electron chi connectivity index (χ3n) is 4.92. The smallest absolute Gasteiger partial charge is 0.303 e. The summed E-state index contributed by atoms with van der Waals surface area (Å²) in [5.41, 5.74) is 4.93. The number of carboxylic acid groups (broad SMARTS) is 2. The van der Waals surface area contributed by atoms with Crippen LogP contribution in [0.1, 0.15) is 41.5 Å². The minimum atomic E-state index is -0.948. The van der Waals surface area contributed by atoms with Crippen molar-refractivity contribution in [3.63, 3.8) is 0 Å². The summed E-state index contributed by atoms with van der Waals surface area (Å²) in [7, 11) is 0. The molecule has 4 nitrogen and oxygen atoms in total. The van der Waals surface area contributed by atoms with Gasteiger partial charge in [0.05, 0.1) is 0 Å². The van der Waals surface area contributed by atoms with E-state index >= 15 is 0 Å². The first-order chi connectivity index (χ1) is 18.0. The highest BCUT2D eigenvalue weighted by Gasteiger charge is 1.99. The molecule has 0 heterocycles. The van der Waals surface area contributed by atoms with Gasteiger partial charge in [-0.25, -0.2) is 0 Å². The van der Waals surface area contributed by atoms with E-state index in [9.17, 15) is 9.59 Å². The molecule has 4 heteroatoms. The highest BCUT2D eigenvalue weighted by Crippen LogP contribution is 2.08. The second-order valence-corrected chi connectivity index (χ2v) is 7.95. The van der Waals surface area contributed by atoms with Crippen LogP contribution < -0.4 is 0 Å². The Morgan fingerprint density at radius 3 is 0.838 bits per heavy atom. The molecule has 4 aromatic rings. The van der Waals surface area contributed by atoms with E-state index in [-0.39, 0.29) is 19.3 Å². The summed E-state index contributed by atoms with van der Waals surface area (Å²) in [6, 6.07) is 41.3. The van der Waals surface area contributed by atoms with Crippen molar-refractivity contribution in [1.29, 1.82) is 0 Å². The molecule has 0 atom stereocenters. The third kappa shape index (κ3) is 14.3. The van der Waals surface area contributed by atoms with Crippen LogP contribution in [0, 0.1) is 0 Å². The van der Waals surface area contributed by atoms with E-state index < -0.39 is 11.9 Å². The van der Waals surface area contributed by atoms with E-state index in [1.807, 2.05) is 72.8 Å². The molecular formula is C33H32O4. The molecule has 37 heavy (non-hydrogen) atoms. The SMILES string of the molecule is C(=Cc1ccccc1)c1ccccc1.C(=Cc1ccccc1)c1ccccc1.O=C(O)CCCC(=O)O. The van der Waals surface area contributed by atoms with Crippen LogP contribution in [0.25, 0.3) is 24.3 Å². The van der Waals surface area contributed by atoms with Gasteiger partial charge in [-0.2, -0.15) is 0 Å². The number of benzene rings is 4. The molecule has 0 saturated carbocycles. The quantitative estimate of drug-likeness (QED) is 0.244. The van der Waals surface area contributed by atoms with Crippen molar-refractivity contribution in [2.45, 2.75) is 19.3 Å². The first-order valence-corrected chi connectivity index (χ1v) is 12.0. The second-order valence-electron chi connectivity index (χ2n) is 7.95. The van der Waals surface area contributed by atoms with Crippen molar-refractivity contribution in [2.24, 2.45) is 0 Å². The largest absolute Gasteiger partial charge is 0.481 e. The molecule has 0 fully saturated rings. The van der Waals surface area contributed by atoms with Gasteiger partial charge in [0.1, 0.15) is 0 Å². The van der Waals surface area contributed by atoms with E-state index in [0.717, 1.165) is 0 Å². The van der Waals surface area contributed by atoms with E-state index in [0.29, 0.717) is 0 Å². The second kappa shape index (κ2) is 17.7. The molecule has 0 spiro atoms. The first-order valence-electron chi connectivity index (χ1n) is 12.0. The van der Waals surface area contributed by atoms with Gasteiger partial charge in [-0.3, -0.25) is 9.59 Å². The number of rotatable bonds is 8. The van der Waals surface area contributed by atoms with Crippen LogP contribution in [0.5, 0.6) is 0 Å². The molecule has 0 aliphatic heterocycles. The lowest BCUT2D eigenvalue weighted by atomic mass is 10.1. The zero-order chi connectivity index (χ0) is 26.6. The van der Waals surface area contributed by atoms with Crippen molar-refractivity contribution >= 4 is 36.2 Å². The average molecular weight is 493 g/mol. The van der Waals surface area contributed by atoms with Gasteiger partial charge >= 0.3 is 11.9 Å². The summed E-state index contributed by atoms with van der Waals surface area (Å²) >= 11 is 0. The minimum absolute atomic E-state index is 0.0632. The number of aliphatic carboxylic acids is 2. The lowest BCUT2D eigenvalue weighted by molar-refractivity contribution is -0.138. The maximum absolute atomic E-state index is 9.79. The van der Waals surface area contributed by atoms with Crippen LogP contribution in [-0.2, 0) is 9.59 Å². The van der Waals surface area contributed by atoms with Crippen LogP contribution in [0.15, 0.2) is 121 Å². The van der Waals surface area contributed by atoms with Gasteiger partial charge in [0.2, 0.25) is 0 Å². The minimum Gasteiger partial charge on any atom is -0.481 e. The summed E-state index contributed by atoms with van der Waals surface area (Å²) in [5, 5.41) is 16.1. The molecular weight excluding hydrogens is 460 g/mol. The number of carboxylic acids is 2. The molecule has 0 amide bonds. The van der Waals surface area contributed by atoms with E-state index in [1.54, 1.807) is 0 Å². The Labute approximate surface area is 218 Å². The molecule has 2 N–H and O–H groups in total. The van der Waals surface area contributed by atoms with Crippen LogP contribution in [0.4, 0.5) is 0 Å². The summed E-state index contributed by atoms with van der Waals surface area (Å²) in [5.74, 6) is -1.90. The van der Waals surface area contributed by atoms with Crippen molar-refractivity contribution in [1.82, 2.24) is 0 Å². The Kier molecular flexibility index (Phi) is 13.6. The lowest BCUT2D eigenvalue weighted by Crippen LogP contribution is -1.98. The van der Waals surface area contributed by atoms with Gasteiger partial charge in [0, 0.05) is 12.8 Å². The normalized spacial score (nSPS) is 10.2. The molecule has 0 aromatic heterocycles. The zero-order valence-electron chi connectivity index (χ0n) is 20.7. The van der Waals surface area contributed by atoms with Crippen LogP contribution in [-0.4, -0.2) is 22.2 Å². The van der Waals surface area contributed by atoms with Gasteiger partial charge in [-0.15, -0.1) is 0 Å². The van der Waals surface area contributed by atoms with E-state index in [2.05, 4.69) is 72.8 Å². The van der Waals surface area contributed by atoms with Crippen LogP contribution in [0.3, 0.4) is 0 Å². The van der Waals surface area contributed by atoms with Crippen molar-refractivity contribution in [3.05, 3.63) is 144 Å². The highest BCUT2D eigenvalue weighted by molar-refractivity contribution is 5.70. The molecule has 188 valence electrons. The molecule has 0 aliphatic rings. The van der Waals surface area contributed by atoms with Crippen molar-refractivity contribution in [2.75, 3.05) is 0 Å². The van der Waals surface area contributed by atoms with Crippen molar-refractivity contribution < 1.29 is 19.8 Å². The average Bonchev–Trinajstić information content (AvgIpc) is 2.93. The van der Waals surface area contributed by atoms with E-state index in [4.69, 9.17) is 10.2 Å². The number of hydrogen-bond acceptors (Lipinski definition) is 2. The summed E-state index contributed by atoms with van der Waals surface area (Å²) in [6.07, 6.45) is 8.57. The summed E-state index contributed by atoms with van der Waals surface area (Å²) < 4.78 is 0.